The number of aromatic nitrogens is 2. The SMILES string of the molecule is Cn1cc(CNC(=O)C(C)(O)c2cccc(F)c2)cn1. The number of carbonyl (C=O) groups excluding carboxylic acids is 1. The Bertz CT molecular complexity index is 622. The monoisotopic (exact) mass is 277 g/mol. The van der Waals surface area contributed by atoms with Gasteiger partial charge in [-0.1, -0.05) is 12.1 Å². The fourth-order valence-corrected chi connectivity index (χ4v) is 1.84. The molecular formula is C14H16FN3O2. The Labute approximate surface area is 116 Å². The quantitative estimate of drug-likeness (QED) is 0.879. The molecule has 1 aromatic carbocycles. The van der Waals surface area contributed by atoms with Gasteiger partial charge in [0.25, 0.3) is 5.91 Å². The van der Waals surface area contributed by atoms with Crippen molar-refractivity contribution in [3.63, 3.8) is 0 Å². The van der Waals surface area contributed by atoms with E-state index in [1.54, 1.807) is 24.1 Å². The van der Waals surface area contributed by atoms with Crippen molar-refractivity contribution in [2.45, 2.75) is 19.1 Å². The maximum absolute atomic E-state index is 13.2. The third kappa shape index (κ3) is 3.03. The minimum absolute atomic E-state index is 0.209. The lowest BCUT2D eigenvalue weighted by atomic mass is 9.95. The summed E-state index contributed by atoms with van der Waals surface area (Å²) in [5.74, 6) is -1.09. The number of aliphatic hydroxyl groups is 1. The molecule has 0 fully saturated rings. The molecule has 106 valence electrons. The molecule has 2 aromatic rings. The van der Waals surface area contributed by atoms with Gasteiger partial charge in [0, 0.05) is 25.4 Å². The maximum atomic E-state index is 13.2. The molecule has 0 bridgehead atoms. The van der Waals surface area contributed by atoms with Crippen molar-refractivity contribution >= 4 is 5.91 Å². The molecule has 0 saturated heterocycles. The Hall–Kier alpha value is -2.21. The molecule has 1 atom stereocenters. The molecule has 1 heterocycles. The molecule has 0 aliphatic carbocycles. The van der Waals surface area contributed by atoms with Crippen LogP contribution in [0.1, 0.15) is 18.1 Å². The van der Waals surface area contributed by atoms with Crippen LogP contribution < -0.4 is 5.32 Å². The summed E-state index contributed by atoms with van der Waals surface area (Å²) in [4.78, 5) is 12.0. The molecule has 0 radical (unpaired) electrons. The highest BCUT2D eigenvalue weighted by Crippen LogP contribution is 2.21. The van der Waals surface area contributed by atoms with E-state index in [0.717, 1.165) is 11.6 Å². The minimum atomic E-state index is -1.79. The van der Waals surface area contributed by atoms with Gasteiger partial charge >= 0.3 is 0 Å². The summed E-state index contributed by atoms with van der Waals surface area (Å²) in [6, 6.07) is 5.36. The summed E-state index contributed by atoms with van der Waals surface area (Å²) in [5, 5.41) is 16.8. The molecule has 1 aromatic heterocycles. The van der Waals surface area contributed by atoms with Gasteiger partial charge in [0.05, 0.1) is 6.20 Å². The van der Waals surface area contributed by atoms with Crippen molar-refractivity contribution in [3.8, 4) is 0 Å². The Balaban J connectivity index is 2.07. The first-order valence-corrected chi connectivity index (χ1v) is 6.14. The highest BCUT2D eigenvalue weighted by atomic mass is 19.1. The summed E-state index contributed by atoms with van der Waals surface area (Å²) in [6.07, 6.45) is 3.38. The molecule has 0 aliphatic rings. The van der Waals surface area contributed by atoms with E-state index in [-0.39, 0.29) is 12.1 Å². The van der Waals surface area contributed by atoms with Gasteiger partial charge in [0.15, 0.2) is 5.60 Å². The minimum Gasteiger partial charge on any atom is -0.376 e. The lowest BCUT2D eigenvalue weighted by Crippen LogP contribution is -2.41. The molecule has 0 saturated carbocycles. The normalized spacial score (nSPS) is 13.8. The van der Waals surface area contributed by atoms with E-state index in [4.69, 9.17) is 0 Å². The van der Waals surface area contributed by atoms with Crippen LogP contribution in [-0.2, 0) is 24.0 Å². The molecule has 6 heteroatoms. The smallest absolute Gasteiger partial charge is 0.256 e. The van der Waals surface area contributed by atoms with Crippen LogP contribution in [0.3, 0.4) is 0 Å². The Morgan fingerprint density at radius 3 is 2.90 bits per heavy atom. The summed E-state index contributed by atoms with van der Waals surface area (Å²) < 4.78 is 14.8. The summed E-state index contributed by atoms with van der Waals surface area (Å²) in [6.45, 7) is 1.58. The van der Waals surface area contributed by atoms with E-state index in [2.05, 4.69) is 10.4 Å². The first-order valence-electron chi connectivity index (χ1n) is 6.14. The topological polar surface area (TPSA) is 67.2 Å². The zero-order valence-corrected chi connectivity index (χ0v) is 11.3. The maximum Gasteiger partial charge on any atom is 0.256 e. The van der Waals surface area contributed by atoms with Crippen molar-refractivity contribution in [2.75, 3.05) is 0 Å². The summed E-state index contributed by atoms with van der Waals surface area (Å²) >= 11 is 0. The summed E-state index contributed by atoms with van der Waals surface area (Å²) in [7, 11) is 1.77. The van der Waals surface area contributed by atoms with Gasteiger partial charge in [0.1, 0.15) is 5.82 Å². The molecule has 1 amide bonds. The van der Waals surface area contributed by atoms with Crippen LogP contribution in [0.4, 0.5) is 4.39 Å². The number of hydrogen-bond donors (Lipinski definition) is 2. The van der Waals surface area contributed by atoms with E-state index in [0.29, 0.717) is 0 Å². The second-order valence-corrected chi connectivity index (χ2v) is 4.79. The van der Waals surface area contributed by atoms with Crippen molar-refractivity contribution in [3.05, 3.63) is 53.6 Å². The Morgan fingerprint density at radius 2 is 2.30 bits per heavy atom. The van der Waals surface area contributed by atoms with Crippen LogP contribution in [0.2, 0.25) is 0 Å². The first kappa shape index (κ1) is 14.2. The van der Waals surface area contributed by atoms with E-state index >= 15 is 0 Å². The molecule has 5 nitrogen and oxygen atoms in total. The number of nitrogens with zero attached hydrogens (tertiary/aromatic N) is 2. The molecule has 20 heavy (non-hydrogen) atoms. The van der Waals surface area contributed by atoms with Crippen molar-refractivity contribution < 1.29 is 14.3 Å². The Kier molecular flexibility index (Phi) is 3.85. The average molecular weight is 277 g/mol. The first-order chi connectivity index (χ1) is 9.39. The highest BCUT2D eigenvalue weighted by molar-refractivity contribution is 5.85. The van der Waals surface area contributed by atoms with Crippen LogP contribution in [0.15, 0.2) is 36.7 Å². The molecule has 2 N–H and O–H groups in total. The molecular weight excluding hydrogens is 261 g/mol. The fourth-order valence-electron chi connectivity index (χ4n) is 1.84. The lowest BCUT2D eigenvalue weighted by Gasteiger charge is -2.22. The van der Waals surface area contributed by atoms with Crippen molar-refractivity contribution in [1.29, 1.82) is 0 Å². The second-order valence-electron chi connectivity index (χ2n) is 4.79. The third-order valence-electron chi connectivity index (χ3n) is 3.04. The lowest BCUT2D eigenvalue weighted by molar-refractivity contribution is -0.139. The van der Waals surface area contributed by atoms with Crippen LogP contribution in [0, 0.1) is 5.82 Å². The molecule has 0 spiro atoms. The third-order valence-corrected chi connectivity index (χ3v) is 3.04. The Morgan fingerprint density at radius 1 is 1.55 bits per heavy atom. The highest BCUT2D eigenvalue weighted by Gasteiger charge is 2.32. The standard InChI is InChI=1S/C14H16FN3O2/c1-14(20,11-4-3-5-12(15)6-11)13(19)16-7-10-8-17-18(2)9-10/h3-6,8-9,20H,7H2,1-2H3,(H,16,19). The van der Waals surface area contributed by atoms with Gasteiger partial charge in [0.2, 0.25) is 0 Å². The van der Waals surface area contributed by atoms with E-state index in [9.17, 15) is 14.3 Å². The van der Waals surface area contributed by atoms with E-state index in [1.165, 1.54) is 25.1 Å². The molecule has 2 rings (SSSR count). The van der Waals surface area contributed by atoms with Crippen LogP contribution in [0.25, 0.3) is 0 Å². The van der Waals surface area contributed by atoms with Gasteiger partial charge in [-0.15, -0.1) is 0 Å². The zero-order valence-electron chi connectivity index (χ0n) is 11.3. The molecule has 1 unspecified atom stereocenters. The predicted octanol–water partition coefficient (Wildman–Crippen LogP) is 1.08. The number of rotatable bonds is 4. The van der Waals surface area contributed by atoms with E-state index in [1.807, 2.05) is 0 Å². The largest absolute Gasteiger partial charge is 0.376 e. The molecule has 0 aliphatic heterocycles. The zero-order chi connectivity index (χ0) is 14.8. The number of carbonyl (C=O) groups is 1. The second kappa shape index (κ2) is 5.42. The van der Waals surface area contributed by atoms with Gasteiger partial charge < -0.3 is 10.4 Å². The van der Waals surface area contributed by atoms with Gasteiger partial charge in [-0.3, -0.25) is 9.48 Å². The van der Waals surface area contributed by atoms with Gasteiger partial charge in [-0.05, 0) is 24.6 Å². The predicted molar refractivity (Wildman–Crippen MR) is 71.0 cm³/mol. The fraction of sp³-hybridized carbons (Fsp3) is 0.286. The number of halogens is 1. The van der Waals surface area contributed by atoms with Gasteiger partial charge in [-0.25, -0.2) is 4.39 Å². The van der Waals surface area contributed by atoms with Gasteiger partial charge in [-0.2, -0.15) is 5.10 Å². The van der Waals surface area contributed by atoms with Crippen molar-refractivity contribution in [1.82, 2.24) is 15.1 Å². The number of aryl methyl sites for hydroxylation is 1. The van der Waals surface area contributed by atoms with Crippen LogP contribution in [-0.4, -0.2) is 20.8 Å². The number of benzene rings is 1. The number of nitrogens with one attached hydrogen (secondary N) is 1. The van der Waals surface area contributed by atoms with Crippen LogP contribution >= 0.6 is 0 Å². The number of hydrogen-bond acceptors (Lipinski definition) is 3. The average Bonchev–Trinajstić information content (AvgIpc) is 2.81. The number of amides is 1. The van der Waals surface area contributed by atoms with E-state index < -0.39 is 17.3 Å². The van der Waals surface area contributed by atoms with Crippen molar-refractivity contribution in [2.24, 2.45) is 7.05 Å². The van der Waals surface area contributed by atoms with Crippen LogP contribution in [0.5, 0.6) is 0 Å². The summed E-state index contributed by atoms with van der Waals surface area (Å²) in [5.41, 5.74) is -0.762.